The van der Waals surface area contributed by atoms with Crippen LogP contribution in [0.4, 0.5) is 5.69 Å². The molecule has 0 saturated heterocycles. The number of hydrogen-bond donors (Lipinski definition) is 1. The minimum atomic E-state index is -0.288. The van der Waals surface area contributed by atoms with Crippen molar-refractivity contribution in [3.05, 3.63) is 101 Å². The topological polar surface area (TPSA) is 49.4 Å². The van der Waals surface area contributed by atoms with Gasteiger partial charge in [-0.1, -0.05) is 78.4 Å². The van der Waals surface area contributed by atoms with Gasteiger partial charge in [-0.15, -0.1) is 0 Å². The van der Waals surface area contributed by atoms with E-state index in [1.165, 1.54) is 5.56 Å². The molecular weight excluding hydrogens is 372 g/mol. The van der Waals surface area contributed by atoms with E-state index < -0.39 is 0 Å². The van der Waals surface area contributed by atoms with Crippen molar-refractivity contribution in [2.75, 3.05) is 11.9 Å². The molecule has 0 radical (unpaired) electrons. The highest BCUT2D eigenvalue weighted by Crippen LogP contribution is 2.36. The second kappa shape index (κ2) is 8.95. The number of carbonyl (C=O) groups is 2. The Hall–Kier alpha value is -3.40. The summed E-state index contributed by atoms with van der Waals surface area (Å²) >= 11 is 0. The summed E-state index contributed by atoms with van der Waals surface area (Å²) in [6.07, 6.45) is 2.01. The van der Waals surface area contributed by atoms with Gasteiger partial charge in [0.25, 0.3) is 0 Å². The third-order valence-electron chi connectivity index (χ3n) is 5.54. The molecule has 1 aliphatic rings. The van der Waals surface area contributed by atoms with Crippen LogP contribution in [0.5, 0.6) is 0 Å². The molecule has 4 heteroatoms. The molecule has 0 aliphatic carbocycles. The number of fused-ring (bicyclic) bond motifs is 1. The summed E-state index contributed by atoms with van der Waals surface area (Å²) in [5.74, 6) is -0.153. The molecule has 1 atom stereocenters. The maximum atomic E-state index is 13.3. The van der Waals surface area contributed by atoms with E-state index in [-0.39, 0.29) is 24.4 Å². The van der Waals surface area contributed by atoms with E-state index in [0.717, 1.165) is 35.2 Å². The Kier molecular flexibility index (Phi) is 5.94. The van der Waals surface area contributed by atoms with Gasteiger partial charge in [-0.25, -0.2) is 0 Å². The van der Waals surface area contributed by atoms with Gasteiger partial charge in [-0.3, -0.25) is 9.59 Å². The maximum Gasteiger partial charge on any atom is 0.244 e. The zero-order valence-corrected chi connectivity index (χ0v) is 17.2. The molecule has 0 unspecified atom stereocenters. The molecule has 0 saturated carbocycles. The summed E-state index contributed by atoms with van der Waals surface area (Å²) in [6, 6.07) is 25.8. The molecule has 0 spiro atoms. The predicted molar refractivity (Wildman–Crippen MR) is 119 cm³/mol. The van der Waals surface area contributed by atoms with Gasteiger partial charge in [0.15, 0.2) is 0 Å². The zero-order chi connectivity index (χ0) is 20.9. The molecule has 1 aliphatic heterocycles. The average molecular weight is 399 g/mol. The van der Waals surface area contributed by atoms with E-state index in [1.54, 1.807) is 4.90 Å². The number of carbonyl (C=O) groups excluding carboxylic acids is 2. The van der Waals surface area contributed by atoms with Gasteiger partial charge >= 0.3 is 0 Å². The summed E-state index contributed by atoms with van der Waals surface area (Å²) in [7, 11) is 0. The summed E-state index contributed by atoms with van der Waals surface area (Å²) in [6.45, 7) is 2.08. The molecule has 0 bridgehead atoms. The lowest BCUT2D eigenvalue weighted by Gasteiger charge is -2.31. The van der Waals surface area contributed by atoms with Crippen molar-refractivity contribution in [2.24, 2.45) is 0 Å². The van der Waals surface area contributed by atoms with Crippen LogP contribution >= 0.6 is 0 Å². The fourth-order valence-corrected chi connectivity index (χ4v) is 4.08. The highest BCUT2D eigenvalue weighted by molar-refractivity contribution is 5.97. The molecule has 30 heavy (non-hydrogen) atoms. The van der Waals surface area contributed by atoms with Gasteiger partial charge in [0, 0.05) is 17.7 Å². The number of nitrogens with zero attached hydrogens (tertiary/aromatic N) is 1. The van der Waals surface area contributed by atoms with Crippen molar-refractivity contribution in [3.63, 3.8) is 0 Å². The van der Waals surface area contributed by atoms with E-state index in [4.69, 9.17) is 0 Å². The first-order valence-corrected chi connectivity index (χ1v) is 10.4. The normalized spacial score (nSPS) is 15.8. The van der Waals surface area contributed by atoms with Crippen LogP contribution in [0.3, 0.4) is 0 Å². The number of rotatable bonds is 5. The van der Waals surface area contributed by atoms with Crippen LogP contribution in [-0.2, 0) is 16.0 Å². The van der Waals surface area contributed by atoms with Crippen LogP contribution in [0.1, 0.15) is 41.1 Å². The predicted octanol–water partition coefficient (Wildman–Crippen LogP) is 4.89. The average Bonchev–Trinajstić information content (AvgIpc) is 2.90. The van der Waals surface area contributed by atoms with E-state index in [1.807, 2.05) is 67.6 Å². The lowest BCUT2D eigenvalue weighted by Crippen LogP contribution is -2.38. The molecule has 3 aromatic rings. The Morgan fingerprint density at radius 1 is 1.00 bits per heavy atom. The lowest BCUT2D eigenvalue weighted by atomic mass is 9.94. The number of nitrogens with one attached hydrogen (secondary N) is 1. The van der Waals surface area contributed by atoms with Crippen molar-refractivity contribution in [1.29, 1.82) is 0 Å². The summed E-state index contributed by atoms with van der Waals surface area (Å²) in [4.78, 5) is 27.7. The molecule has 1 heterocycles. The van der Waals surface area contributed by atoms with Gasteiger partial charge in [0.05, 0.1) is 6.04 Å². The number of hydrogen-bond acceptors (Lipinski definition) is 2. The van der Waals surface area contributed by atoms with E-state index >= 15 is 0 Å². The second-order valence-electron chi connectivity index (χ2n) is 7.81. The monoisotopic (exact) mass is 398 g/mol. The quantitative estimate of drug-likeness (QED) is 0.665. The Morgan fingerprint density at radius 2 is 1.70 bits per heavy atom. The Balaban J connectivity index is 1.63. The van der Waals surface area contributed by atoms with Crippen LogP contribution in [0.15, 0.2) is 78.9 Å². The van der Waals surface area contributed by atoms with Crippen molar-refractivity contribution in [3.8, 4) is 0 Å². The lowest BCUT2D eigenvalue weighted by molar-refractivity contribution is -0.136. The third kappa shape index (κ3) is 4.43. The van der Waals surface area contributed by atoms with Gasteiger partial charge in [0.2, 0.25) is 11.8 Å². The minimum absolute atomic E-state index is 0.00397. The van der Waals surface area contributed by atoms with Crippen LogP contribution in [0, 0.1) is 6.92 Å². The minimum Gasteiger partial charge on any atom is -0.324 e. The van der Waals surface area contributed by atoms with Crippen molar-refractivity contribution < 1.29 is 9.59 Å². The molecule has 3 aromatic carbocycles. The molecular formula is C26H26N2O2. The fourth-order valence-electron chi connectivity index (χ4n) is 4.08. The van der Waals surface area contributed by atoms with E-state index in [2.05, 4.69) is 23.5 Å². The number of aryl methyl sites for hydroxylation is 2. The second-order valence-corrected chi connectivity index (χ2v) is 7.81. The third-order valence-corrected chi connectivity index (χ3v) is 5.54. The van der Waals surface area contributed by atoms with Crippen LogP contribution in [0.2, 0.25) is 0 Å². The SMILES string of the molecule is Cc1ccc2c(c1)[C@H](c1ccccc1)N(C(=O)CCCc1ccccc1)CC(=O)N2. The van der Waals surface area contributed by atoms with Crippen molar-refractivity contribution in [2.45, 2.75) is 32.2 Å². The van der Waals surface area contributed by atoms with Crippen molar-refractivity contribution in [1.82, 2.24) is 4.90 Å². The Morgan fingerprint density at radius 3 is 2.43 bits per heavy atom. The molecule has 4 rings (SSSR count). The largest absolute Gasteiger partial charge is 0.324 e. The van der Waals surface area contributed by atoms with E-state index in [0.29, 0.717) is 6.42 Å². The molecule has 4 nitrogen and oxygen atoms in total. The molecule has 1 N–H and O–H groups in total. The molecule has 2 amide bonds. The smallest absolute Gasteiger partial charge is 0.244 e. The number of benzene rings is 3. The van der Waals surface area contributed by atoms with Gasteiger partial charge in [0.1, 0.15) is 6.54 Å². The Bertz CT molecular complexity index is 1030. The van der Waals surface area contributed by atoms with Crippen LogP contribution in [-0.4, -0.2) is 23.3 Å². The van der Waals surface area contributed by atoms with Crippen LogP contribution < -0.4 is 5.32 Å². The molecule has 152 valence electrons. The van der Waals surface area contributed by atoms with Gasteiger partial charge in [-0.2, -0.15) is 0 Å². The summed E-state index contributed by atoms with van der Waals surface area (Å²) < 4.78 is 0. The standard InChI is InChI=1S/C26H26N2O2/c1-19-15-16-23-22(17-19)26(21-12-6-3-7-13-21)28(18-24(29)27-23)25(30)14-8-11-20-9-4-2-5-10-20/h2-7,9-10,12-13,15-17,26H,8,11,14,18H2,1H3,(H,27,29)/t26-/m0/s1. The van der Waals surface area contributed by atoms with Gasteiger partial charge in [-0.05, 0) is 37.0 Å². The highest BCUT2D eigenvalue weighted by Gasteiger charge is 2.33. The Labute approximate surface area is 177 Å². The summed E-state index contributed by atoms with van der Waals surface area (Å²) in [5, 5.41) is 2.98. The first kappa shape index (κ1) is 19.9. The highest BCUT2D eigenvalue weighted by atomic mass is 16.2. The first-order valence-electron chi connectivity index (χ1n) is 10.4. The zero-order valence-electron chi connectivity index (χ0n) is 17.2. The fraction of sp³-hybridized carbons (Fsp3) is 0.231. The number of amides is 2. The van der Waals surface area contributed by atoms with Crippen LogP contribution in [0.25, 0.3) is 0 Å². The molecule has 0 aromatic heterocycles. The first-order chi connectivity index (χ1) is 14.6. The molecule has 0 fully saturated rings. The summed E-state index contributed by atoms with van der Waals surface area (Å²) in [5.41, 5.74) is 5.07. The van der Waals surface area contributed by atoms with Gasteiger partial charge < -0.3 is 10.2 Å². The maximum absolute atomic E-state index is 13.3. The van der Waals surface area contributed by atoms with E-state index in [9.17, 15) is 9.59 Å². The number of anilines is 1. The van der Waals surface area contributed by atoms with Crippen molar-refractivity contribution >= 4 is 17.5 Å².